The molecule has 0 atom stereocenters. The van der Waals surface area contributed by atoms with Crippen molar-refractivity contribution < 1.29 is 8.42 Å². The number of hydrogen-bond donors (Lipinski definition) is 0. The maximum atomic E-state index is 11.6. The Kier molecular flexibility index (Phi) is 3.82. The van der Waals surface area contributed by atoms with Crippen LogP contribution in [0.1, 0.15) is 11.4 Å². The summed E-state index contributed by atoms with van der Waals surface area (Å²) in [5.41, 5.74) is 5.05. The fourth-order valence-corrected chi connectivity index (χ4v) is 3.30. The van der Waals surface area contributed by atoms with E-state index in [2.05, 4.69) is 9.55 Å². The summed E-state index contributed by atoms with van der Waals surface area (Å²) in [4.78, 5) is 4.68. The Morgan fingerprint density at radius 2 is 1.65 bits per heavy atom. The monoisotopic (exact) mass is 326 g/mol. The van der Waals surface area contributed by atoms with E-state index >= 15 is 0 Å². The Bertz CT molecular complexity index is 955. The van der Waals surface area contributed by atoms with E-state index in [0.29, 0.717) is 4.90 Å². The average molecular weight is 326 g/mol. The molecule has 0 aliphatic rings. The van der Waals surface area contributed by atoms with Crippen molar-refractivity contribution in [1.82, 2.24) is 9.55 Å². The van der Waals surface area contributed by atoms with Crippen molar-refractivity contribution in [2.24, 2.45) is 0 Å². The van der Waals surface area contributed by atoms with Crippen molar-refractivity contribution in [2.75, 3.05) is 6.26 Å². The SMILES string of the molecule is Cc1ncccc1-n1c(C)ccc1-c1ccc(S(C)(=O)=O)cc1. The quantitative estimate of drug-likeness (QED) is 0.739. The number of benzene rings is 1. The Morgan fingerprint density at radius 1 is 0.957 bits per heavy atom. The molecule has 3 rings (SSSR count). The average Bonchev–Trinajstić information content (AvgIpc) is 2.89. The van der Waals surface area contributed by atoms with Gasteiger partial charge in [0.05, 0.1) is 22.0 Å². The molecule has 2 heterocycles. The number of nitrogens with zero attached hydrogens (tertiary/aromatic N) is 2. The van der Waals surface area contributed by atoms with Crippen LogP contribution < -0.4 is 0 Å². The van der Waals surface area contributed by atoms with Gasteiger partial charge in [-0.1, -0.05) is 12.1 Å². The number of aryl methyl sites for hydroxylation is 2. The first-order chi connectivity index (χ1) is 10.9. The predicted molar refractivity (Wildman–Crippen MR) is 91.6 cm³/mol. The zero-order valence-corrected chi connectivity index (χ0v) is 14.1. The summed E-state index contributed by atoms with van der Waals surface area (Å²) in [5.74, 6) is 0. The van der Waals surface area contributed by atoms with Gasteiger partial charge < -0.3 is 4.57 Å². The summed E-state index contributed by atoms with van der Waals surface area (Å²) in [6, 6.07) is 15.0. The van der Waals surface area contributed by atoms with Gasteiger partial charge in [0, 0.05) is 18.1 Å². The van der Waals surface area contributed by atoms with Crippen LogP contribution in [-0.2, 0) is 9.84 Å². The van der Waals surface area contributed by atoms with E-state index in [-0.39, 0.29) is 0 Å². The molecule has 23 heavy (non-hydrogen) atoms. The van der Waals surface area contributed by atoms with E-state index in [4.69, 9.17) is 0 Å². The van der Waals surface area contributed by atoms with Gasteiger partial charge in [-0.2, -0.15) is 0 Å². The maximum absolute atomic E-state index is 11.6. The van der Waals surface area contributed by atoms with E-state index in [9.17, 15) is 8.42 Å². The van der Waals surface area contributed by atoms with Gasteiger partial charge in [-0.05, 0) is 55.8 Å². The lowest BCUT2D eigenvalue weighted by atomic mass is 10.1. The molecule has 0 spiro atoms. The van der Waals surface area contributed by atoms with Crippen molar-refractivity contribution in [3.8, 4) is 16.9 Å². The lowest BCUT2D eigenvalue weighted by molar-refractivity contribution is 0.602. The van der Waals surface area contributed by atoms with Gasteiger partial charge in [0.15, 0.2) is 9.84 Å². The van der Waals surface area contributed by atoms with Crippen molar-refractivity contribution >= 4 is 9.84 Å². The zero-order valence-electron chi connectivity index (χ0n) is 13.3. The highest BCUT2D eigenvalue weighted by Crippen LogP contribution is 2.28. The number of pyridine rings is 1. The summed E-state index contributed by atoms with van der Waals surface area (Å²) < 4.78 is 25.3. The third-order valence-corrected chi connectivity index (χ3v) is 5.00. The van der Waals surface area contributed by atoms with E-state index < -0.39 is 9.84 Å². The summed E-state index contributed by atoms with van der Waals surface area (Å²) in [6.07, 6.45) is 2.99. The normalized spacial score (nSPS) is 11.6. The summed E-state index contributed by atoms with van der Waals surface area (Å²) >= 11 is 0. The van der Waals surface area contributed by atoms with Gasteiger partial charge in [0.1, 0.15) is 0 Å². The minimum Gasteiger partial charge on any atom is -0.312 e. The number of hydrogen-bond acceptors (Lipinski definition) is 3. The molecule has 0 unspecified atom stereocenters. The van der Waals surface area contributed by atoms with Crippen LogP contribution in [0.15, 0.2) is 59.6 Å². The van der Waals surface area contributed by atoms with Crippen LogP contribution in [0.4, 0.5) is 0 Å². The van der Waals surface area contributed by atoms with E-state index in [1.165, 1.54) is 6.26 Å². The molecular weight excluding hydrogens is 308 g/mol. The van der Waals surface area contributed by atoms with E-state index in [1.54, 1.807) is 18.3 Å². The smallest absolute Gasteiger partial charge is 0.175 e. The molecule has 0 saturated carbocycles. The minimum atomic E-state index is -3.18. The highest BCUT2D eigenvalue weighted by atomic mass is 32.2. The summed E-state index contributed by atoms with van der Waals surface area (Å²) in [5, 5.41) is 0. The lowest BCUT2D eigenvalue weighted by Crippen LogP contribution is -2.02. The Labute approximate surface area is 136 Å². The third-order valence-electron chi connectivity index (χ3n) is 3.87. The fraction of sp³-hybridized carbons (Fsp3) is 0.167. The van der Waals surface area contributed by atoms with Crippen LogP contribution in [-0.4, -0.2) is 24.2 Å². The number of rotatable bonds is 3. The molecule has 0 bridgehead atoms. The van der Waals surface area contributed by atoms with Crippen molar-refractivity contribution in [3.05, 3.63) is 66.1 Å². The van der Waals surface area contributed by atoms with Gasteiger partial charge in [-0.3, -0.25) is 4.98 Å². The molecule has 1 aromatic carbocycles. The maximum Gasteiger partial charge on any atom is 0.175 e. The fourth-order valence-electron chi connectivity index (χ4n) is 2.67. The minimum absolute atomic E-state index is 0.327. The van der Waals surface area contributed by atoms with Gasteiger partial charge in [-0.15, -0.1) is 0 Å². The molecule has 0 amide bonds. The van der Waals surface area contributed by atoms with Crippen molar-refractivity contribution in [1.29, 1.82) is 0 Å². The molecule has 0 aliphatic heterocycles. The van der Waals surface area contributed by atoms with Crippen LogP contribution in [0, 0.1) is 13.8 Å². The molecule has 118 valence electrons. The van der Waals surface area contributed by atoms with E-state index in [0.717, 1.165) is 28.3 Å². The van der Waals surface area contributed by atoms with Gasteiger partial charge in [0.25, 0.3) is 0 Å². The highest BCUT2D eigenvalue weighted by molar-refractivity contribution is 7.90. The van der Waals surface area contributed by atoms with Crippen molar-refractivity contribution in [3.63, 3.8) is 0 Å². The van der Waals surface area contributed by atoms with Crippen LogP contribution >= 0.6 is 0 Å². The second-order valence-corrected chi connectivity index (χ2v) is 7.62. The number of sulfone groups is 1. The van der Waals surface area contributed by atoms with Crippen LogP contribution in [0.5, 0.6) is 0 Å². The standard InChI is InChI=1S/C18H18N2O2S/c1-13-6-11-18(20(13)17-5-4-12-19-14(17)2)15-7-9-16(10-8-15)23(3,21)22/h4-12H,1-3H3. The Morgan fingerprint density at radius 3 is 2.26 bits per heavy atom. The van der Waals surface area contributed by atoms with Crippen LogP contribution in [0.25, 0.3) is 16.9 Å². The molecule has 3 aromatic rings. The molecule has 4 nitrogen and oxygen atoms in total. The predicted octanol–water partition coefficient (Wildman–Crippen LogP) is 3.56. The molecule has 0 aliphatic carbocycles. The molecule has 0 N–H and O–H groups in total. The third kappa shape index (κ3) is 2.92. The first kappa shape index (κ1) is 15.5. The van der Waals surface area contributed by atoms with Gasteiger partial charge in [0.2, 0.25) is 0 Å². The summed E-state index contributed by atoms with van der Waals surface area (Å²) in [6.45, 7) is 4.02. The molecular formula is C18H18N2O2S. The first-order valence-electron chi connectivity index (χ1n) is 7.29. The first-order valence-corrected chi connectivity index (χ1v) is 9.18. The van der Waals surface area contributed by atoms with Crippen LogP contribution in [0.3, 0.4) is 0 Å². The van der Waals surface area contributed by atoms with Gasteiger partial charge in [-0.25, -0.2) is 8.42 Å². The topological polar surface area (TPSA) is 52.0 Å². The zero-order chi connectivity index (χ0) is 16.6. The molecule has 0 radical (unpaired) electrons. The number of aromatic nitrogens is 2. The van der Waals surface area contributed by atoms with Crippen molar-refractivity contribution in [2.45, 2.75) is 18.7 Å². The summed E-state index contributed by atoms with van der Waals surface area (Å²) in [7, 11) is -3.18. The Hall–Kier alpha value is -2.40. The second kappa shape index (κ2) is 5.66. The largest absolute Gasteiger partial charge is 0.312 e. The molecule has 0 fully saturated rings. The molecule has 2 aromatic heterocycles. The molecule has 0 saturated heterocycles. The Balaban J connectivity index is 2.14. The van der Waals surface area contributed by atoms with Gasteiger partial charge >= 0.3 is 0 Å². The lowest BCUT2D eigenvalue weighted by Gasteiger charge is -2.14. The molecule has 5 heteroatoms. The second-order valence-electron chi connectivity index (χ2n) is 5.60. The van der Waals surface area contributed by atoms with E-state index in [1.807, 2.05) is 50.2 Å². The highest BCUT2D eigenvalue weighted by Gasteiger charge is 2.13. The van der Waals surface area contributed by atoms with Crippen LogP contribution in [0.2, 0.25) is 0 Å².